The summed E-state index contributed by atoms with van der Waals surface area (Å²) in [5.74, 6) is 2.28. The molecule has 10 rings (SSSR count). The Bertz CT molecular complexity index is 2550. The smallest absolute Gasteiger partial charge is 0.163 e. The Hall–Kier alpha value is -6.13. The summed E-state index contributed by atoms with van der Waals surface area (Å²) in [5.41, 5.74) is 10.5. The van der Waals surface area contributed by atoms with E-state index in [-0.39, 0.29) is 5.92 Å². The second-order valence-electron chi connectivity index (χ2n) is 12.4. The largest absolute Gasteiger partial charge is 0.309 e. The molecule has 220 valence electrons. The molecule has 0 aliphatic heterocycles. The van der Waals surface area contributed by atoms with E-state index in [4.69, 9.17) is 15.0 Å². The lowest BCUT2D eigenvalue weighted by Crippen LogP contribution is -2.08. The van der Waals surface area contributed by atoms with Crippen LogP contribution < -0.4 is 0 Å². The van der Waals surface area contributed by atoms with Gasteiger partial charge in [-0.1, -0.05) is 109 Å². The second-order valence-corrected chi connectivity index (χ2v) is 12.4. The molecule has 0 N–H and O–H groups in total. The number of rotatable bonds is 4. The summed E-state index contributed by atoms with van der Waals surface area (Å²) < 4.78 is 2.33. The van der Waals surface area contributed by atoms with Gasteiger partial charge in [0.1, 0.15) is 5.82 Å². The number of nitrogens with zero attached hydrogens (tertiary/aromatic N) is 4. The third-order valence-electron chi connectivity index (χ3n) is 9.69. The van der Waals surface area contributed by atoms with Crippen LogP contribution in [0.4, 0.5) is 0 Å². The van der Waals surface area contributed by atoms with E-state index in [1.165, 1.54) is 54.8 Å². The van der Waals surface area contributed by atoms with Crippen LogP contribution in [0.5, 0.6) is 0 Å². The van der Waals surface area contributed by atoms with Crippen LogP contribution in [-0.4, -0.2) is 19.5 Å². The molecule has 0 saturated heterocycles. The maximum atomic E-state index is 5.11. The standard InChI is InChI=1S/C43H28N4/c1-2-10-28(11-3-1)41-44-42(29-20-23-31(24-21-29)47-38-18-6-4-14-33(38)34-15-5-7-19-39(34)47)46-43(45-41)30-22-25-32-35-16-8-12-27-13-9-17-36(40(27)35)37(32)26-30/h1-10,12-26,28H,11H2. The van der Waals surface area contributed by atoms with Gasteiger partial charge in [-0.25, -0.2) is 15.0 Å². The molecule has 2 heterocycles. The topological polar surface area (TPSA) is 43.6 Å². The highest BCUT2D eigenvalue weighted by molar-refractivity contribution is 6.15. The number of para-hydroxylation sites is 2. The lowest BCUT2D eigenvalue weighted by atomic mass is 9.99. The van der Waals surface area contributed by atoms with Crippen LogP contribution in [0.1, 0.15) is 18.2 Å². The summed E-state index contributed by atoms with van der Waals surface area (Å²) in [6.45, 7) is 0. The van der Waals surface area contributed by atoms with Crippen molar-refractivity contribution >= 4 is 32.6 Å². The lowest BCUT2D eigenvalue weighted by Gasteiger charge is -2.15. The summed E-state index contributed by atoms with van der Waals surface area (Å²) in [5, 5.41) is 5.09. The molecule has 0 amide bonds. The van der Waals surface area contributed by atoms with Gasteiger partial charge in [-0.05, 0) is 81.9 Å². The average Bonchev–Trinajstić information content (AvgIpc) is 3.66. The van der Waals surface area contributed by atoms with E-state index in [9.17, 15) is 0 Å². The Kier molecular flexibility index (Phi) is 5.67. The van der Waals surface area contributed by atoms with Crippen molar-refractivity contribution in [2.45, 2.75) is 12.3 Å². The SMILES string of the molecule is C1=CCC(c2nc(-c3ccc(-n4c5ccccc5c5ccccc54)cc3)nc(-c3ccc4c(c3)-c3cccc5cccc-4c35)n2)C=C1. The molecule has 0 radical (unpaired) electrons. The van der Waals surface area contributed by atoms with Gasteiger partial charge in [-0.2, -0.15) is 0 Å². The van der Waals surface area contributed by atoms with Crippen molar-refractivity contribution in [3.8, 4) is 50.7 Å². The van der Waals surface area contributed by atoms with Crippen LogP contribution in [0, 0.1) is 0 Å². The van der Waals surface area contributed by atoms with Gasteiger partial charge in [0.05, 0.1) is 11.0 Å². The zero-order chi connectivity index (χ0) is 30.9. The molecule has 0 fully saturated rings. The van der Waals surface area contributed by atoms with Crippen LogP contribution in [0.3, 0.4) is 0 Å². The van der Waals surface area contributed by atoms with Gasteiger partial charge in [0, 0.05) is 33.5 Å². The molecule has 0 saturated carbocycles. The summed E-state index contributed by atoms with van der Waals surface area (Å²) >= 11 is 0. The van der Waals surface area contributed by atoms with Crippen molar-refractivity contribution in [3.63, 3.8) is 0 Å². The molecule has 1 atom stereocenters. The van der Waals surface area contributed by atoms with E-state index >= 15 is 0 Å². The lowest BCUT2D eigenvalue weighted by molar-refractivity contribution is 0.764. The van der Waals surface area contributed by atoms with Crippen molar-refractivity contribution in [1.82, 2.24) is 19.5 Å². The van der Waals surface area contributed by atoms with Gasteiger partial charge in [0.15, 0.2) is 11.6 Å². The van der Waals surface area contributed by atoms with Crippen LogP contribution in [0.25, 0.3) is 83.3 Å². The van der Waals surface area contributed by atoms with Crippen molar-refractivity contribution in [2.24, 2.45) is 0 Å². The van der Waals surface area contributed by atoms with E-state index in [1.807, 2.05) is 0 Å². The highest BCUT2D eigenvalue weighted by Crippen LogP contribution is 2.48. The molecule has 2 aliphatic rings. The fourth-order valence-corrected chi connectivity index (χ4v) is 7.48. The first-order valence-corrected chi connectivity index (χ1v) is 16.2. The van der Waals surface area contributed by atoms with E-state index in [1.54, 1.807) is 0 Å². The van der Waals surface area contributed by atoms with Gasteiger partial charge in [0.25, 0.3) is 0 Å². The maximum absolute atomic E-state index is 5.11. The van der Waals surface area contributed by atoms with Crippen molar-refractivity contribution < 1.29 is 0 Å². The molecule has 6 aromatic carbocycles. The minimum atomic E-state index is 0.102. The zero-order valence-corrected chi connectivity index (χ0v) is 25.5. The Morgan fingerprint density at radius 3 is 1.89 bits per heavy atom. The highest BCUT2D eigenvalue weighted by atomic mass is 15.0. The van der Waals surface area contributed by atoms with E-state index in [0.717, 1.165) is 29.1 Å². The Morgan fingerprint density at radius 2 is 1.19 bits per heavy atom. The third kappa shape index (κ3) is 4.05. The average molecular weight is 601 g/mol. The fraction of sp³-hybridized carbons (Fsp3) is 0.0465. The molecule has 2 aliphatic carbocycles. The van der Waals surface area contributed by atoms with Gasteiger partial charge < -0.3 is 4.57 Å². The molecule has 47 heavy (non-hydrogen) atoms. The molecule has 4 heteroatoms. The predicted molar refractivity (Wildman–Crippen MR) is 193 cm³/mol. The van der Waals surface area contributed by atoms with Crippen molar-refractivity contribution in [1.29, 1.82) is 0 Å². The highest BCUT2D eigenvalue weighted by Gasteiger charge is 2.23. The van der Waals surface area contributed by atoms with E-state index in [2.05, 4.69) is 156 Å². The molecular weight excluding hydrogens is 573 g/mol. The normalized spacial score (nSPS) is 14.8. The Balaban J connectivity index is 1.10. The minimum Gasteiger partial charge on any atom is -0.309 e. The zero-order valence-electron chi connectivity index (χ0n) is 25.5. The molecule has 2 aromatic heterocycles. The number of aromatic nitrogens is 4. The fourth-order valence-electron chi connectivity index (χ4n) is 7.48. The number of hydrogen-bond acceptors (Lipinski definition) is 3. The van der Waals surface area contributed by atoms with Gasteiger partial charge >= 0.3 is 0 Å². The summed E-state index contributed by atoms with van der Waals surface area (Å²) in [7, 11) is 0. The summed E-state index contributed by atoms with van der Waals surface area (Å²) in [6.07, 6.45) is 9.42. The number of hydrogen-bond donors (Lipinski definition) is 0. The molecule has 1 unspecified atom stereocenters. The molecule has 0 spiro atoms. The Labute approximate surface area is 272 Å². The molecule has 4 nitrogen and oxygen atoms in total. The third-order valence-corrected chi connectivity index (χ3v) is 9.69. The quantitative estimate of drug-likeness (QED) is 0.202. The first kappa shape index (κ1) is 26.1. The molecule has 8 aromatic rings. The van der Waals surface area contributed by atoms with Gasteiger partial charge in [-0.15, -0.1) is 0 Å². The van der Waals surface area contributed by atoms with Gasteiger partial charge in [-0.3, -0.25) is 0 Å². The summed E-state index contributed by atoms with van der Waals surface area (Å²) in [4.78, 5) is 15.3. The first-order valence-electron chi connectivity index (χ1n) is 16.2. The Morgan fingerprint density at radius 1 is 0.532 bits per heavy atom. The number of allylic oxidation sites excluding steroid dienone is 4. The molecular formula is C43H28N4. The second kappa shape index (κ2) is 10.2. The monoisotopic (exact) mass is 600 g/mol. The van der Waals surface area contributed by atoms with Gasteiger partial charge in [0.2, 0.25) is 0 Å². The van der Waals surface area contributed by atoms with Crippen LogP contribution >= 0.6 is 0 Å². The van der Waals surface area contributed by atoms with Crippen LogP contribution in [0.15, 0.2) is 152 Å². The summed E-state index contributed by atoms with van der Waals surface area (Å²) in [6, 6.07) is 45.6. The van der Waals surface area contributed by atoms with Crippen molar-refractivity contribution in [2.75, 3.05) is 0 Å². The van der Waals surface area contributed by atoms with Crippen LogP contribution in [-0.2, 0) is 0 Å². The van der Waals surface area contributed by atoms with Crippen LogP contribution in [0.2, 0.25) is 0 Å². The predicted octanol–water partition coefficient (Wildman–Crippen LogP) is 10.7. The number of fused-ring (bicyclic) bond motifs is 6. The first-order chi connectivity index (χ1) is 23.3. The minimum absolute atomic E-state index is 0.102. The van der Waals surface area contributed by atoms with E-state index < -0.39 is 0 Å². The van der Waals surface area contributed by atoms with E-state index in [0.29, 0.717) is 11.6 Å². The van der Waals surface area contributed by atoms with Crippen molar-refractivity contribution in [3.05, 3.63) is 158 Å². The number of benzene rings is 6. The molecule has 0 bridgehead atoms. The maximum Gasteiger partial charge on any atom is 0.163 e.